The van der Waals surface area contributed by atoms with Gasteiger partial charge in [-0.25, -0.2) is 0 Å². The maximum absolute atomic E-state index is 13.3. The lowest BCUT2D eigenvalue weighted by atomic mass is 9.96. The Morgan fingerprint density at radius 3 is 1.33 bits per heavy atom. The van der Waals surface area contributed by atoms with E-state index in [1.54, 1.807) is 0 Å². The zero-order chi connectivity index (χ0) is 59.0. The Bertz CT molecular complexity index is 1620. The highest BCUT2D eigenvalue weighted by atomic mass is 16.8. The van der Waals surface area contributed by atoms with Gasteiger partial charge in [0.25, 0.3) is 0 Å². The summed E-state index contributed by atoms with van der Waals surface area (Å²) in [5.41, 5.74) is 0. The van der Waals surface area contributed by atoms with E-state index in [-0.39, 0.29) is 18.9 Å². The van der Waals surface area contributed by atoms with Crippen molar-refractivity contribution >= 4 is 5.91 Å². The van der Waals surface area contributed by atoms with E-state index in [4.69, 9.17) is 28.4 Å². The van der Waals surface area contributed by atoms with Crippen molar-refractivity contribution in [2.75, 3.05) is 26.4 Å². The molecule has 0 aromatic heterocycles. The van der Waals surface area contributed by atoms with Gasteiger partial charge in [-0.1, -0.05) is 204 Å². The summed E-state index contributed by atoms with van der Waals surface area (Å²) < 4.78 is 34.3. The number of aliphatic hydroxyl groups excluding tert-OH is 11. The van der Waals surface area contributed by atoms with Crippen LogP contribution < -0.4 is 5.32 Å². The molecule has 3 aliphatic rings. The largest absolute Gasteiger partial charge is 0.394 e. The molecule has 0 spiro atoms. The van der Waals surface area contributed by atoms with Gasteiger partial charge in [0.1, 0.15) is 73.2 Å². The summed E-state index contributed by atoms with van der Waals surface area (Å²) in [4.78, 5) is 13.3. The molecular weight excluding hydrogens is 1050 g/mol. The van der Waals surface area contributed by atoms with Crippen LogP contribution in [-0.4, -0.2) is 193 Å². The number of amides is 1. The van der Waals surface area contributed by atoms with Crippen molar-refractivity contribution in [1.29, 1.82) is 0 Å². The highest BCUT2D eigenvalue weighted by Crippen LogP contribution is 2.33. The zero-order valence-electron chi connectivity index (χ0n) is 49.5. The van der Waals surface area contributed by atoms with E-state index in [0.717, 1.165) is 77.0 Å². The maximum Gasteiger partial charge on any atom is 0.220 e. The Morgan fingerprint density at radius 2 is 0.852 bits per heavy atom. The monoisotopic (exact) mass is 1160 g/mol. The van der Waals surface area contributed by atoms with Crippen LogP contribution in [0.1, 0.15) is 219 Å². The van der Waals surface area contributed by atoms with E-state index in [1.165, 1.54) is 109 Å². The van der Waals surface area contributed by atoms with Crippen LogP contribution in [0.5, 0.6) is 0 Å². The Balaban J connectivity index is 1.47. The molecule has 19 nitrogen and oxygen atoms in total. The summed E-state index contributed by atoms with van der Waals surface area (Å²) in [5, 5.41) is 120. The molecule has 12 N–H and O–H groups in total. The molecule has 474 valence electrons. The van der Waals surface area contributed by atoms with Gasteiger partial charge < -0.3 is 89.9 Å². The lowest BCUT2D eigenvalue weighted by Gasteiger charge is -2.48. The highest BCUT2D eigenvalue weighted by molar-refractivity contribution is 5.76. The number of hydrogen-bond donors (Lipinski definition) is 12. The fraction of sp³-hybridized carbons (Fsp3) is 0.887. The molecule has 1 amide bonds. The first kappa shape index (κ1) is 73.3. The summed E-state index contributed by atoms with van der Waals surface area (Å²) in [7, 11) is 0. The van der Waals surface area contributed by atoms with Crippen molar-refractivity contribution in [1.82, 2.24) is 5.32 Å². The Labute approximate surface area is 485 Å². The molecule has 3 saturated heterocycles. The average molecular weight is 1160 g/mol. The van der Waals surface area contributed by atoms with E-state index < -0.39 is 124 Å². The first-order valence-corrected chi connectivity index (χ1v) is 31.7. The van der Waals surface area contributed by atoms with Crippen LogP contribution in [0.25, 0.3) is 0 Å². The van der Waals surface area contributed by atoms with Gasteiger partial charge >= 0.3 is 0 Å². The van der Waals surface area contributed by atoms with Crippen molar-refractivity contribution in [2.24, 2.45) is 0 Å². The predicted octanol–water partition coefficient (Wildman–Crippen LogP) is 6.49. The Kier molecular flexibility index (Phi) is 41.0. The molecule has 3 heterocycles. The first-order valence-electron chi connectivity index (χ1n) is 31.7. The van der Waals surface area contributed by atoms with E-state index in [0.29, 0.717) is 12.8 Å². The molecule has 0 radical (unpaired) electrons. The third-order valence-electron chi connectivity index (χ3n) is 16.0. The van der Waals surface area contributed by atoms with E-state index in [9.17, 15) is 61.0 Å². The van der Waals surface area contributed by atoms with Gasteiger partial charge in [-0.15, -0.1) is 0 Å². The second-order valence-electron chi connectivity index (χ2n) is 22.8. The second-order valence-corrected chi connectivity index (χ2v) is 22.8. The molecule has 81 heavy (non-hydrogen) atoms. The number of hydrogen-bond acceptors (Lipinski definition) is 18. The van der Waals surface area contributed by atoms with E-state index >= 15 is 0 Å². The van der Waals surface area contributed by atoms with Crippen molar-refractivity contribution < 1.29 is 89.4 Å². The van der Waals surface area contributed by atoms with Gasteiger partial charge in [-0.2, -0.15) is 0 Å². The fourth-order valence-corrected chi connectivity index (χ4v) is 10.8. The molecule has 3 fully saturated rings. The highest BCUT2D eigenvalue weighted by Gasteiger charge is 2.53. The molecule has 0 saturated carbocycles. The van der Waals surface area contributed by atoms with Crippen molar-refractivity contribution in [3.63, 3.8) is 0 Å². The average Bonchev–Trinajstić information content (AvgIpc) is 3.52. The third-order valence-corrected chi connectivity index (χ3v) is 16.0. The minimum absolute atomic E-state index is 0.247. The summed E-state index contributed by atoms with van der Waals surface area (Å²) in [6.07, 6.45) is 22.3. The fourth-order valence-electron chi connectivity index (χ4n) is 10.8. The maximum atomic E-state index is 13.3. The standard InChI is InChI=1S/C62H113NO18/c1-3-5-7-9-11-13-15-17-19-20-21-22-23-24-26-27-29-31-33-35-37-39-46(67)45(63-50(68)40-38-36-34-32-30-28-25-18-16-14-12-10-8-6-4-2)44-76-60-56(74)53(71)58(48(42-65)78-60)81-62-57(75)54(72)59(49(43-66)79-62)80-61-55(73)52(70)51(69)47(41-64)77-61/h6,8,12,14,18,25,45-49,51-62,64-67,69-75H,3-5,7,9-11,13,15-17,19-24,26-44H2,1-2H3,(H,63,68)/b8-6-,14-12-,25-18-. The summed E-state index contributed by atoms with van der Waals surface area (Å²) >= 11 is 0. The first-order chi connectivity index (χ1) is 39.3. The van der Waals surface area contributed by atoms with Gasteiger partial charge in [0.15, 0.2) is 18.9 Å². The molecule has 0 bridgehead atoms. The molecule has 3 rings (SSSR count). The number of aliphatic hydroxyl groups is 11. The Hall–Kier alpha value is -1.99. The number of carbonyl (C=O) groups is 1. The topological polar surface area (TPSA) is 307 Å². The second kappa shape index (κ2) is 45.3. The van der Waals surface area contributed by atoms with Crippen LogP contribution >= 0.6 is 0 Å². The minimum atomic E-state index is -1.97. The van der Waals surface area contributed by atoms with Crippen LogP contribution in [0.15, 0.2) is 36.5 Å². The van der Waals surface area contributed by atoms with Crippen LogP contribution in [0, 0.1) is 0 Å². The smallest absolute Gasteiger partial charge is 0.220 e. The normalized spacial score (nSPS) is 30.0. The number of allylic oxidation sites excluding steroid dienone is 6. The number of ether oxygens (including phenoxy) is 6. The van der Waals surface area contributed by atoms with Crippen LogP contribution in [-0.2, 0) is 33.2 Å². The van der Waals surface area contributed by atoms with Crippen LogP contribution in [0.3, 0.4) is 0 Å². The molecule has 17 unspecified atom stereocenters. The molecule has 0 aromatic carbocycles. The van der Waals surface area contributed by atoms with Crippen LogP contribution in [0.4, 0.5) is 0 Å². The van der Waals surface area contributed by atoms with E-state index in [1.807, 2.05) is 0 Å². The molecule has 19 heteroatoms. The van der Waals surface area contributed by atoms with Gasteiger partial charge in [-0.05, 0) is 44.9 Å². The van der Waals surface area contributed by atoms with Gasteiger partial charge in [-0.3, -0.25) is 4.79 Å². The van der Waals surface area contributed by atoms with Gasteiger partial charge in [0, 0.05) is 6.42 Å². The molecular formula is C62H113NO18. The molecule has 3 aliphatic heterocycles. The number of rotatable bonds is 47. The molecule has 17 atom stereocenters. The molecule has 0 aliphatic carbocycles. The van der Waals surface area contributed by atoms with Crippen molar-refractivity contribution in [3.8, 4) is 0 Å². The minimum Gasteiger partial charge on any atom is -0.394 e. The lowest BCUT2D eigenvalue weighted by Crippen LogP contribution is -2.66. The Morgan fingerprint density at radius 1 is 0.457 bits per heavy atom. The van der Waals surface area contributed by atoms with Crippen molar-refractivity contribution in [2.45, 2.75) is 324 Å². The number of nitrogens with one attached hydrogen (secondary N) is 1. The van der Waals surface area contributed by atoms with Gasteiger partial charge in [0.2, 0.25) is 5.91 Å². The SMILES string of the molecule is CC/C=C\C/C=C\C/C=C\CCCCCCCC(=O)NC(COC1OC(CO)C(OC2OC(CO)C(OC3OC(CO)C(O)C(O)C3O)C(O)C2O)C(O)C1O)C(O)CCCCCCCCCCCCCCCCCCCCCCC. The van der Waals surface area contributed by atoms with Crippen LogP contribution in [0.2, 0.25) is 0 Å². The van der Waals surface area contributed by atoms with Gasteiger partial charge in [0.05, 0.1) is 38.6 Å². The number of unbranched alkanes of at least 4 members (excludes halogenated alkanes) is 25. The third kappa shape index (κ3) is 28.8. The molecule has 0 aromatic rings. The summed E-state index contributed by atoms with van der Waals surface area (Å²) in [6, 6.07) is -0.896. The lowest BCUT2D eigenvalue weighted by molar-refractivity contribution is -0.379. The zero-order valence-corrected chi connectivity index (χ0v) is 49.5. The predicted molar refractivity (Wildman–Crippen MR) is 309 cm³/mol. The quantitative estimate of drug-likeness (QED) is 0.0229. The number of carbonyl (C=O) groups excluding carboxylic acids is 1. The summed E-state index contributed by atoms with van der Waals surface area (Å²) in [6.45, 7) is 1.67. The summed E-state index contributed by atoms with van der Waals surface area (Å²) in [5.74, 6) is -0.260. The van der Waals surface area contributed by atoms with E-state index in [2.05, 4.69) is 55.6 Å². The van der Waals surface area contributed by atoms with Crippen molar-refractivity contribution in [3.05, 3.63) is 36.5 Å².